The Kier molecular flexibility index (Phi) is 12.7. The fourth-order valence-electron chi connectivity index (χ4n) is 4.97. The van der Waals surface area contributed by atoms with Crippen LogP contribution in [0.3, 0.4) is 0 Å². The number of esters is 1. The maximum Gasteiger partial charge on any atom is 0.316 e. The second-order valence-electron chi connectivity index (χ2n) is 9.46. The third-order valence-electron chi connectivity index (χ3n) is 6.92. The van der Waals surface area contributed by atoms with Crippen LogP contribution >= 0.6 is 11.6 Å². The molecular formula is C29H40ClFN3O3+. The number of aromatic nitrogens is 1. The van der Waals surface area contributed by atoms with Crippen LogP contribution in [0.4, 0.5) is 10.2 Å². The fraction of sp³-hybridized carbons (Fsp3) is 0.483. The van der Waals surface area contributed by atoms with Crippen LogP contribution in [0.15, 0.2) is 60.8 Å². The first-order valence-electron chi connectivity index (χ1n) is 12.9. The zero-order valence-corrected chi connectivity index (χ0v) is 22.7. The van der Waals surface area contributed by atoms with E-state index in [9.17, 15) is 14.0 Å². The van der Waals surface area contributed by atoms with Crippen molar-refractivity contribution in [3.8, 4) is 0 Å². The molecule has 1 aromatic carbocycles. The summed E-state index contributed by atoms with van der Waals surface area (Å²) in [5, 5.41) is 2.42. The third-order valence-corrected chi connectivity index (χ3v) is 6.92. The monoisotopic (exact) mass is 532 g/mol. The van der Waals surface area contributed by atoms with Crippen LogP contribution in [-0.2, 0) is 19.7 Å². The van der Waals surface area contributed by atoms with Gasteiger partial charge < -0.3 is 15.8 Å². The largest absolute Gasteiger partial charge is 0.461 e. The van der Waals surface area contributed by atoms with Gasteiger partial charge in [-0.3, -0.25) is 9.59 Å². The van der Waals surface area contributed by atoms with Crippen LogP contribution in [0.25, 0.3) is 0 Å². The molecule has 0 spiro atoms. The maximum absolute atomic E-state index is 13.3. The van der Waals surface area contributed by atoms with Crippen molar-refractivity contribution in [1.82, 2.24) is 4.98 Å². The van der Waals surface area contributed by atoms with Crippen LogP contribution in [0, 0.1) is 11.7 Å². The number of benzene rings is 1. The first-order valence-corrected chi connectivity index (χ1v) is 13.6. The number of carbonyl (C=O) groups is 2. The van der Waals surface area contributed by atoms with Gasteiger partial charge in [0, 0.05) is 32.1 Å². The summed E-state index contributed by atoms with van der Waals surface area (Å²) in [6, 6.07) is 12.9. The van der Waals surface area contributed by atoms with Crippen molar-refractivity contribution in [3.63, 3.8) is 0 Å². The zero-order chi connectivity index (χ0) is 27.3. The number of quaternary nitrogens is 1. The Bertz CT molecular complexity index is 993. The normalized spacial score (nSPS) is 20.0. The van der Waals surface area contributed by atoms with E-state index in [1.54, 1.807) is 0 Å². The van der Waals surface area contributed by atoms with Crippen molar-refractivity contribution in [1.29, 1.82) is 0 Å². The molecule has 2 aromatic rings. The van der Waals surface area contributed by atoms with Crippen molar-refractivity contribution in [2.24, 2.45) is 5.92 Å². The molecule has 2 aliphatic carbocycles. The van der Waals surface area contributed by atoms with Crippen molar-refractivity contribution >= 4 is 29.3 Å². The molecule has 2 aliphatic rings. The molecular weight excluding hydrogens is 493 g/mol. The number of carbonyl (C=O) groups excluding carboxylic acids is 2. The van der Waals surface area contributed by atoms with Gasteiger partial charge in [0.25, 0.3) is 0 Å². The minimum Gasteiger partial charge on any atom is -0.461 e. The van der Waals surface area contributed by atoms with E-state index in [1.807, 2.05) is 18.2 Å². The van der Waals surface area contributed by atoms with Gasteiger partial charge in [0.15, 0.2) is 0 Å². The summed E-state index contributed by atoms with van der Waals surface area (Å²) in [6.45, 7) is 6.33. The number of rotatable bonds is 6. The van der Waals surface area contributed by atoms with E-state index in [1.165, 1.54) is 43.9 Å². The minimum absolute atomic E-state index is 0.00981. The van der Waals surface area contributed by atoms with Gasteiger partial charge in [0.1, 0.15) is 17.7 Å². The van der Waals surface area contributed by atoms with Crippen molar-refractivity contribution in [2.45, 2.75) is 69.8 Å². The number of hydrogen-bond donors (Lipinski definition) is 2. The highest BCUT2D eigenvalue weighted by molar-refractivity contribution is 6.15. The number of ether oxygens (including phenoxy) is 1. The van der Waals surface area contributed by atoms with Crippen LogP contribution in [0.1, 0.15) is 63.9 Å². The molecule has 37 heavy (non-hydrogen) atoms. The number of anilines is 1. The molecule has 0 saturated heterocycles. The van der Waals surface area contributed by atoms with Gasteiger partial charge in [-0.15, -0.1) is 11.6 Å². The molecule has 0 bridgehead atoms. The van der Waals surface area contributed by atoms with E-state index in [2.05, 4.69) is 46.3 Å². The van der Waals surface area contributed by atoms with Gasteiger partial charge in [0.2, 0.25) is 5.91 Å². The second-order valence-corrected chi connectivity index (χ2v) is 9.46. The standard InChI is InChI=1S/C21H29NO2.C7H7FN2O.CH3Cl/c1-16-15-19(18(16)11-14-22)24-20(23)21(12-7-2-3-8-13-21)17-9-5-4-6-10-17;1-5(11)10-7-3-2-6(8)4-9-7;1-2/h4-6,9-10,18-19H,1-3,7-8,11-15,22H2;2-4H,1H3,(H,9,10,11);1H3/p+1. The van der Waals surface area contributed by atoms with Crippen LogP contribution in [0.5, 0.6) is 0 Å². The molecule has 8 heteroatoms. The lowest BCUT2D eigenvalue weighted by atomic mass is 9.72. The summed E-state index contributed by atoms with van der Waals surface area (Å²) < 4.78 is 18.3. The van der Waals surface area contributed by atoms with Crippen molar-refractivity contribution in [3.05, 3.63) is 72.2 Å². The predicted octanol–water partition coefficient (Wildman–Crippen LogP) is 5.43. The molecule has 2 unspecified atom stereocenters. The van der Waals surface area contributed by atoms with Gasteiger partial charge in [0.05, 0.1) is 18.2 Å². The summed E-state index contributed by atoms with van der Waals surface area (Å²) in [5.74, 6) is 0.0225. The van der Waals surface area contributed by atoms with E-state index < -0.39 is 11.2 Å². The second kappa shape index (κ2) is 15.5. The first-order chi connectivity index (χ1) is 17.9. The lowest BCUT2D eigenvalue weighted by Gasteiger charge is -2.41. The summed E-state index contributed by atoms with van der Waals surface area (Å²) >= 11 is 4.64. The maximum atomic E-state index is 13.3. The number of halogens is 2. The Morgan fingerprint density at radius 2 is 1.78 bits per heavy atom. The molecule has 4 N–H and O–H groups in total. The average molecular weight is 533 g/mol. The predicted molar refractivity (Wildman–Crippen MR) is 146 cm³/mol. The Labute approximate surface area is 224 Å². The Morgan fingerprint density at radius 1 is 1.14 bits per heavy atom. The zero-order valence-electron chi connectivity index (χ0n) is 22.0. The number of alkyl halides is 1. The molecule has 202 valence electrons. The molecule has 0 radical (unpaired) electrons. The number of hydrogen-bond acceptors (Lipinski definition) is 4. The van der Waals surface area contributed by atoms with Crippen molar-refractivity contribution < 1.29 is 24.5 Å². The Balaban J connectivity index is 0.000000311. The lowest BCUT2D eigenvalue weighted by molar-refractivity contribution is -0.371. The van der Waals surface area contributed by atoms with E-state index in [-0.39, 0.29) is 18.0 Å². The third kappa shape index (κ3) is 8.64. The Hall–Kier alpha value is -2.77. The SMILES string of the molecule is C=C1CC(OC(=O)C2(c3ccccc3)CCCCCC2)C1CC[NH3+].CC(=O)Nc1ccc(F)cn1.CCl. The highest BCUT2D eigenvalue weighted by Crippen LogP contribution is 2.43. The molecule has 2 atom stereocenters. The van der Waals surface area contributed by atoms with Gasteiger partial charge in [-0.2, -0.15) is 0 Å². The smallest absolute Gasteiger partial charge is 0.316 e. The molecule has 6 nitrogen and oxygen atoms in total. The van der Waals surface area contributed by atoms with Gasteiger partial charge >= 0.3 is 5.97 Å². The van der Waals surface area contributed by atoms with E-state index in [0.29, 0.717) is 11.7 Å². The van der Waals surface area contributed by atoms with E-state index in [0.717, 1.165) is 56.8 Å². The molecule has 2 saturated carbocycles. The van der Waals surface area contributed by atoms with Crippen LogP contribution < -0.4 is 11.1 Å². The molecule has 0 aliphatic heterocycles. The van der Waals surface area contributed by atoms with Crippen LogP contribution in [-0.4, -0.2) is 35.9 Å². The first kappa shape index (κ1) is 30.5. The molecule has 1 heterocycles. The quantitative estimate of drug-likeness (QED) is 0.224. The number of nitrogens with one attached hydrogen (secondary N) is 1. The number of amides is 1. The summed E-state index contributed by atoms with van der Waals surface area (Å²) in [7, 11) is 0. The Morgan fingerprint density at radius 3 is 2.30 bits per heavy atom. The topological polar surface area (TPSA) is 95.9 Å². The minimum atomic E-state index is -0.455. The fourth-order valence-corrected chi connectivity index (χ4v) is 4.97. The van der Waals surface area contributed by atoms with Crippen molar-refractivity contribution in [2.75, 3.05) is 18.2 Å². The van der Waals surface area contributed by atoms with Crippen LogP contribution in [0.2, 0.25) is 0 Å². The highest BCUT2D eigenvalue weighted by atomic mass is 35.5. The summed E-state index contributed by atoms with van der Waals surface area (Å²) in [6.07, 6.45) is 10.8. The summed E-state index contributed by atoms with van der Waals surface area (Å²) in [4.78, 5) is 27.3. The van der Waals surface area contributed by atoms with E-state index in [4.69, 9.17) is 4.74 Å². The van der Waals surface area contributed by atoms with Gasteiger partial charge in [-0.25, -0.2) is 9.37 Å². The average Bonchev–Trinajstić information content (AvgIpc) is 3.17. The summed E-state index contributed by atoms with van der Waals surface area (Å²) in [5.41, 5.74) is 5.83. The van der Waals surface area contributed by atoms with E-state index >= 15 is 0 Å². The molecule has 2 fully saturated rings. The van der Waals surface area contributed by atoms with Gasteiger partial charge in [-0.1, -0.05) is 68.2 Å². The molecule has 4 rings (SSSR count). The highest BCUT2D eigenvalue weighted by Gasteiger charge is 2.45. The number of nitrogens with zero attached hydrogens (tertiary/aromatic N) is 1. The molecule has 1 aromatic heterocycles. The lowest BCUT2D eigenvalue weighted by Crippen LogP contribution is -2.53. The number of pyridine rings is 1. The molecule has 1 amide bonds. The van der Waals surface area contributed by atoms with Gasteiger partial charge in [-0.05, 0) is 30.5 Å².